The summed E-state index contributed by atoms with van der Waals surface area (Å²) >= 11 is 6.18. The van der Waals surface area contributed by atoms with E-state index in [0.717, 1.165) is 24.1 Å². The summed E-state index contributed by atoms with van der Waals surface area (Å²) in [5, 5.41) is 9.28. The molecule has 104 valence electrons. The molecule has 1 aliphatic heterocycles. The Balaban J connectivity index is 1.99. The summed E-state index contributed by atoms with van der Waals surface area (Å²) in [5.41, 5.74) is 1.70. The minimum atomic E-state index is -0.938. The molecule has 0 bridgehead atoms. The molecule has 2 rings (SSSR count). The lowest BCUT2D eigenvalue weighted by molar-refractivity contribution is 0.0822. The first-order valence-corrected chi connectivity index (χ1v) is 7.00. The largest absolute Gasteiger partial charge is 0.296 e. The average molecular weight is 291 g/mol. The lowest BCUT2D eigenvalue weighted by Crippen LogP contribution is -2.41. The van der Waals surface area contributed by atoms with Gasteiger partial charge in [-0.25, -0.2) is 4.39 Å². The third kappa shape index (κ3) is 3.51. The van der Waals surface area contributed by atoms with E-state index in [9.17, 15) is 4.39 Å². The fraction of sp³-hybridized carbons (Fsp3) is 0.438. The number of nitriles is 1. The molecular formula is C16H16ClFN2. The van der Waals surface area contributed by atoms with Crippen LogP contribution in [-0.4, -0.2) is 24.2 Å². The molecule has 0 amide bonds. The Kier molecular flexibility index (Phi) is 5.01. The molecule has 1 aliphatic rings. The number of alkyl halides is 1. The smallest absolute Gasteiger partial charge is 0.117 e. The van der Waals surface area contributed by atoms with Gasteiger partial charge in [-0.2, -0.15) is 5.26 Å². The van der Waals surface area contributed by atoms with E-state index in [1.807, 2.05) is 17.0 Å². The Morgan fingerprint density at radius 2 is 2.30 bits per heavy atom. The number of nitrogens with zero attached hydrogens (tertiary/aromatic N) is 2. The Hall–Kier alpha value is -1.55. The van der Waals surface area contributed by atoms with E-state index in [2.05, 4.69) is 12.0 Å². The summed E-state index contributed by atoms with van der Waals surface area (Å²) in [6.45, 7) is 1.77. The van der Waals surface area contributed by atoms with Crippen molar-refractivity contribution < 1.29 is 4.39 Å². The maximum absolute atomic E-state index is 14.0. The molecule has 0 N–H and O–H groups in total. The third-order valence-electron chi connectivity index (χ3n) is 3.73. The summed E-state index contributed by atoms with van der Waals surface area (Å²) in [6.07, 6.45) is 5.40. The highest BCUT2D eigenvalue weighted by molar-refractivity contribution is 6.31. The predicted octanol–water partition coefficient (Wildman–Crippen LogP) is 3.39. The monoisotopic (exact) mass is 290 g/mol. The number of hydrogen-bond acceptors (Lipinski definition) is 2. The van der Waals surface area contributed by atoms with Gasteiger partial charge in [0, 0.05) is 36.0 Å². The van der Waals surface area contributed by atoms with Crippen LogP contribution in [0.1, 0.15) is 24.0 Å². The zero-order chi connectivity index (χ0) is 14.5. The molecular weight excluding hydrogens is 275 g/mol. The Morgan fingerprint density at radius 1 is 1.50 bits per heavy atom. The third-order valence-corrected chi connectivity index (χ3v) is 4.08. The van der Waals surface area contributed by atoms with Crippen molar-refractivity contribution in [2.45, 2.75) is 25.6 Å². The Bertz CT molecular complexity index is 559. The van der Waals surface area contributed by atoms with E-state index in [1.54, 1.807) is 6.07 Å². The van der Waals surface area contributed by atoms with Crippen molar-refractivity contribution >= 4 is 11.6 Å². The zero-order valence-electron chi connectivity index (χ0n) is 11.1. The maximum atomic E-state index is 14.0. The highest BCUT2D eigenvalue weighted by atomic mass is 35.5. The molecule has 1 heterocycles. The molecule has 0 aromatic heterocycles. The van der Waals surface area contributed by atoms with Crippen LogP contribution >= 0.6 is 11.6 Å². The fourth-order valence-corrected chi connectivity index (χ4v) is 2.75. The van der Waals surface area contributed by atoms with E-state index in [1.165, 1.54) is 0 Å². The van der Waals surface area contributed by atoms with Gasteiger partial charge in [0.2, 0.25) is 0 Å². The number of halogens is 2. The van der Waals surface area contributed by atoms with Crippen molar-refractivity contribution in [2.75, 3.05) is 13.1 Å². The van der Waals surface area contributed by atoms with Crippen molar-refractivity contribution in [2.24, 2.45) is 5.92 Å². The van der Waals surface area contributed by atoms with Crippen LogP contribution < -0.4 is 0 Å². The van der Waals surface area contributed by atoms with Gasteiger partial charge in [-0.15, -0.1) is 6.42 Å². The summed E-state index contributed by atoms with van der Waals surface area (Å²) in [6, 6.07) is 7.55. The van der Waals surface area contributed by atoms with E-state index in [-0.39, 0.29) is 5.92 Å². The zero-order valence-corrected chi connectivity index (χ0v) is 11.9. The highest BCUT2D eigenvalue weighted by Crippen LogP contribution is 2.26. The minimum Gasteiger partial charge on any atom is -0.296 e. The number of benzene rings is 1. The molecule has 0 saturated carbocycles. The lowest BCUT2D eigenvalue weighted by Gasteiger charge is -2.33. The summed E-state index contributed by atoms with van der Waals surface area (Å²) in [7, 11) is 0. The molecule has 1 aromatic rings. The van der Waals surface area contributed by atoms with Crippen LogP contribution in [0, 0.1) is 29.6 Å². The molecule has 2 unspecified atom stereocenters. The Labute approximate surface area is 124 Å². The van der Waals surface area contributed by atoms with Crippen LogP contribution in [0.5, 0.6) is 0 Å². The van der Waals surface area contributed by atoms with Crippen molar-refractivity contribution in [1.82, 2.24) is 4.90 Å². The Morgan fingerprint density at radius 3 is 2.90 bits per heavy atom. The van der Waals surface area contributed by atoms with Gasteiger partial charge in [-0.3, -0.25) is 4.90 Å². The second kappa shape index (κ2) is 6.75. The molecule has 0 radical (unpaired) electrons. The van der Waals surface area contributed by atoms with Crippen LogP contribution in [0.2, 0.25) is 5.02 Å². The molecule has 1 fully saturated rings. The van der Waals surface area contributed by atoms with Gasteiger partial charge >= 0.3 is 0 Å². The van der Waals surface area contributed by atoms with Gasteiger partial charge in [-0.1, -0.05) is 23.6 Å². The second-order valence-corrected chi connectivity index (χ2v) is 5.52. The molecule has 0 spiro atoms. The molecule has 1 aromatic carbocycles. The SMILES string of the molecule is C#Cc1ccc(CN2CCC(CC#N)C(F)C2)c(Cl)c1. The number of terminal acetylenes is 1. The first-order valence-electron chi connectivity index (χ1n) is 6.62. The molecule has 2 nitrogen and oxygen atoms in total. The molecule has 20 heavy (non-hydrogen) atoms. The molecule has 0 aliphatic carbocycles. The van der Waals surface area contributed by atoms with E-state index in [0.29, 0.717) is 24.5 Å². The van der Waals surface area contributed by atoms with Crippen LogP contribution in [0.25, 0.3) is 0 Å². The molecule has 2 atom stereocenters. The van der Waals surface area contributed by atoms with E-state index in [4.69, 9.17) is 23.3 Å². The minimum absolute atomic E-state index is 0.129. The molecule has 4 heteroatoms. The number of rotatable bonds is 3. The van der Waals surface area contributed by atoms with Gasteiger partial charge in [0.25, 0.3) is 0 Å². The van der Waals surface area contributed by atoms with Gasteiger partial charge in [0.15, 0.2) is 0 Å². The van der Waals surface area contributed by atoms with E-state index >= 15 is 0 Å². The first kappa shape index (κ1) is 14.9. The first-order chi connectivity index (χ1) is 9.63. The fourth-order valence-electron chi connectivity index (χ4n) is 2.51. The molecule has 1 saturated heterocycles. The number of hydrogen-bond donors (Lipinski definition) is 0. The van der Waals surface area contributed by atoms with E-state index < -0.39 is 6.17 Å². The van der Waals surface area contributed by atoms with Gasteiger partial charge in [-0.05, 0) is 30.7 Å². The van der Waals surface area contributed by atoms with Crippen molar-refractivity contribution in [3.63, 3.8) is 0 Å². The number of piperidine rings is 1. The quantitative estimate of drug-likeness (QED) is 0.798. The van der Waals surface area contributed by atoms with Crippen LogP contribution in [0.3, 0.4) is 0 Å². The lowest BCUT2D eigenvalue weighted by atomic mass is 9.92. The number of likely N-dealkylation sites (tertiary alicyclic amines) is 1. The maximum Gasteiger partial charge on any atom is 0.117 e. The second-order valence-electron chi connectivity index (χ2n) is 5.11. The van der Waals surface area contributed by atoms with Crippen molar-refractivity contribution in [3.05, 3.63) is 34.3 Å². The van der Waals surface area contributed by atoms with Crippen molar-refractivity contribution in [3.8, 4) is 18.4 Å². The van der Waals surface area contributed by atoms with Crippen molar-refractivity contribution in [1.29, 1.82) is 5.26 Å². The van der Waals surface area contributed by atoms with Crippen LogP contribution in [0.15, 0.2) is 18.2 Å². The van der Waals surface area contributed by atoms with Crippen LogP contribution in [-0.2, 0) is 6.54 Å². The standard InChI is InChI=1S/C16H16ClFN2/c1-2-12-3-4-14(15(17)9-12)10-20-8-6-13(5-7-19)16(18)11-20/h1,3-4,9,13,16H,5-6,8,10-11H2. The predicted molar refractivity (Wildman–Crippen MR) is 77.9 cm³/mol. The topological polar surface area (TPSA) is 27.0 Å². The normalized spacial score (nSPS) is 23.0. The van der Waals surface area contributed by atoms with Crippen LogP contribution in [0.4, 0.5) is 4.39 Å². The summed E-state index contributed by atoms with van der Waals surface area (Å²) < 4.78 is 14.0. The van der Waals surface area contributed by atoms with Gasteiger partial charge < -0.3 is 0 Å². The highest BCUT2D eigenvalue weighted by Gasteiger charge is 2.29. The summed E-state index contributed by atoms with van der Waals surface area (Å²) in [4.78, 5) is 2.04. The summed E-state index contributed by atoms with van der Waals surface area (Å²) in [5.74, 6) is 2.41. The average Bonchev–Trinajstić information content (AvgIpc) is 2.44. The van der Waals surface area contributed by atoms with Gasteiger partial charge in [0.05, 0.1) is 6.07 Å². The van der Waals surface area contributed by atoms with Gasteiger partial charge in [0.1, 0.15) is 6.17 Å².